The lowest BCUT2D eigenvalue weighted by Crippen LogP contribution is -2.31. The number of rotatable bonds is 2. The summed E-state index contributed by atoms with van der Waals surface area (Å²) in [4.78, 5) is 13.5. The summed E-state index contributed by atoms with van der Waals surface area (Å²) >= 11 is 6.25. The standard InChI is InChI=1S/C16H15ClN2O2/c17-14-8-12(18)7-13(16(20)21)15(14)19-6-5-10-3-1-2-4-11(10)9-19/h1-4,7-8H,5-6,9,18H2,(H,20,21). The normalized spacial score (nSPS) is 13.9. The Bertz CT molecular complexity index is 715. The van der Waals surface area contributed by atoms with Crippen molar-refractivity contribution in [1.82, 2.24) is 0 Å². The summed E-state index contributed by atoms with van der Waals surface area (Å²) in [6.07, 6.45) is 0.871. The molecular formula is C16H15ClN2O2. The number of halogens is 1. The third kappa shape index (κ3) is 2.54. The predicted molar refractivity (Wildman–Crippen MR) is 84.0 cm³/mol. The van der Waals surface area contributed by atoms with E-state index in [9.17, 15) is 9.90 Å². The van der Waals surface area contributed by atoms with Crippen molar-refractivity contribution in [2.75, 3.05) is 17.2 Å². The number of hydrogen-bond donors (Lipinski definition) is 2. The predicted octanol–water partition coefficient (Wildman–Crippen LogP) is 3.18. The first-order valence-corrected chi connectivity index (χ1v) is 7.08. The Labute approximate surface area is 127 Å². The van der Waals surface area contributed by atoms with E-state index in [0.29, 0.717) is 22.9 Å². The zero-order valence-corrected chi connectivity index (χ0v) is 12.1. The van der Waals surface area contributed by atoms with Gasteiger partial charge in [-0.25, -0.2) is 4.79 Å². The first-order chi connectivity index (χ1) is 10.1. The van der Waals surface area contributed by atoms with Crippen LogP contribution >= 0.6 is 11.6 Å². The molecule has 0 aromatic heterocycles. The van der Waals surface area contributed by atoms with Crippen molar-refractivity contribution < 1.29 is 9.90 Å². The molecule has 0 atom stereocenters. The van der Waals surface area contributed by atoms with Crippen LogP contribution in [0.3, 0.4) is 0 Å². The summed E-state index contributed by atoms with van der Waals surface area (Å²) in [6.45, 7) is 1.39. The summed E-state index contributed by atoms with van der Waals surface area (Å²) in [5.74, 6) is -1.02. The topological polar surface area (TPSA) is 66.6 Å². The maximum atomic E-state index is 11.5. The molecular weight excluding hydrogens is 288 g/mol. The monoisotopic (exact) mass is 302 g/mol. The summed E-state index contributed by atoms with van der Waals surface area (Å²) in [7, 11) is 0. The van der Waals surface area contributed by atoms with Gasteiger partial charge in [-0.2, -0.15) is 0 Å². The second-order valence-electron chi connectivity index (χ2n) is 5.14. The average molecular weight is 303 g/mol. The van der Waals surface area contributed by atoms with Gasteiger partial charge in [0.1, 0.15) is 0 Å². The molecule has 0 unspecified atom stereocenters. The minimum absolute atomic E-state index is 0.152. The average Bonchev–Trinajstić information content (AvgIpc) is 2.46. The van der Waals surface area contributed by atoms with Gasteiger partial charge in [0.05, 0.1) is 16.3 Å². The molecule has 0 radical (unpaired) electrons. The number of aromatic carboxylic acids is 1. The highest BCUT2D eigenvalue weighted by Gasteiger charge is 2.23. The number of benzene rings is 2. The molecule has 0 amide bonds. The van der Waals surface area contributed by atoms with E-state index in [-0.39, 0.29) is 5.56 Å². The fraction of sp³-hybridized carbons (Fsp3) is 0.188. The molecule has 4 nitrogen and oxygen atoms in total. The van der Waals surface area contributed by atoms with Crippen LogP contribution in [0.4, 0.5) is 11.4 Å². The molecule has 3 N–H and O–H groups in total. The van der Waals surface area contributed by atoms with Crippen molar-refractivity contribution in [3.63, 3.8) is 0 Å². The molecule has 2 aromatic rings. The summed E-state index contributed by atoms with van der Waals surface area (Å²) < 4.78 is 0. The zero-order chi connectivity index (χ0) is 15.0. The van der Waals surface area contributed by atoms with Gasteiger partial charge >= 0.3 is 5.97 Å². The van der Waals surface area contributed by atoms with E-state index in [1.807, 2.05) is 17.0 Å². The molecule has 108 valence electrons. The van der Waals surface area contributed by atoms with Crippen molar-refractivity contribution in [2.24, 2.45) is 0 Å². The Morgan fingerprint density at radius 1 is 1.24 bits per heavy atom. The van der Waals surface area contributed by atoms with Crippen molar-refractivity contribution in [3.8, 4) is 0 Å². The van der Waals surface area contributed by atoms with Crippen LogP contribution < -0.4 is 10.6 Å². The maximum absolute atomic E-state index is 11.5. The minimum atomic E-state index is -1.02. The van der Waals surface area contributed by atoms with Gasteiger partial charge in [-0.15, -0.1) is 0 Å². The second-order valence-corrected chi connectivity index (χ2v) is 5.55. The number of carboxylic acids is 1. The number of nitrogens with two attached hydrogens (primary N) is 1. The highest BCUT2D eigenvalue weighted by atomic mass is 35.5. The summed E-state index contributed by atoms with van der Waals surface area (Å²) in [5, 5.41) is 9.78. The molecule has 0 spiro atoms. The number of fused-ring (bicyclic) bond motifs is 1. The van der Waals surface area contributed by atoms with Crippen molar-refractivity contribution in [1.29, 1.82) is 0 Å². The Balaban J connectivity index is 2.04. The van der Waals surface area contributed by atoms with E-state index in [2.05, 4.69) is 12.1 Å². The van der Waals surface area contributed by atoms with Gasteiger partial charge in [0.15, 0.2) is 0 Å². The Morgan fingerprint density at radius 2 is 1.95 bits per heavy atom. The lowest BCUT2D eigenvalue weighted by Gasteiger charge is -2.32. The van der Waals surface area contributed by atoms with Gasteiger partial charge in [0.2, 0.25) is 0 Å². The Morgan fingerprint density at radius 3 is 2.67 bits per heavy atom. The first-order valence-electron chi connectivity index (χ1n) is 6.70. The minimum Gasteiger partial charge on any atom is -0.478 e. The molecule has 1 heterocycles. The lowest BCUT2D eigenvalue weighted by molar-refractivity contribution is 0.0697. The third-order valence-corrected chi connectivity index (χ3v) is 4.05. The van der Waals surface area contributed by atoms with E-state index < -0.39 is 5.97 Å². The van der Waals surface area contributed by atoms with Gasteiger partial charge in [-0.1, -0.05) is 35.9 Å². The molecule has 0 saturated heterocycles. The summed E-state index contributed by atoms with van der Waals surface area (Å²) in [5.41, 5.74) is 9.27. The molecule has 0 fully saturated rings. The molecule has 1 aliphatic heterocycles. The molecule has 0 bridgehead atoms. The quantitative estimate of drug-likeness (QED) is 0.836. The van der Waals surface area contributed by atoms with E-state index >= 15 is 0 Å². The Kier molecular flexibility index (Phi) is 3.47. The molecule has 3 rings (SSSR count). The van der Waals surface area contributed by atoms with Gasteiger partial charge < -0.3 is 15.7 Å². The number of hydrogen-bond acceptors (Lipinski definition) is 3. The highest BCUT2D eigenvalue weighted by Crippen LogP contribution is 2.35. The number of anilines is 2. The van der Waals surface area contributed by atoms with Crippen LogP contribution in [0.15, 0.2) is 36.4 Å². The number of carboxylic acid groups (broad SMARTS) is 1. The smallest absolute Gasteiger partial charge is 0.337 e. The van der Waals surface area contributed by atoms with E-state index in [4.69, 9.17) is 17.3 Å². The van der Waals surface area contributed by atoms with Gasteiger partial charge in [-0.3, -0.25) is 0 Å². The van der Waals surface area contributed by atoms with Crippen molar-refractivity contribution in [2.45, 2.75) is 13.0 Å². The van der Waals surface area contributed by atoms with E-state index in [1.165, 1.54) is 17.2 Å². The number of nitrogens with zero attached hydrogens (tertiary/aromatic N) is 1. The van der Waals surface area contributed by atoms with Crippen LogP contribution in [0.5, 0.6) is 0 Å². The van der Waals surface area contributed by atoms with Gasteiger partial charge in [0, 0.05) is 18.8 Å². The molecule has 0 aliphatic carbocycles. The van der Waals surface area contributed by atoms with E-state index in [0.717, 1.165) is 13.0 Å². The second kappa shape index (κ2) is 5.30. The molecule has 1 aliphatic rings. The van der Waals surface area contributed by atoms with Crippen molar-refractivity contribution >= 4 is 28.9 Å². The number of nitrogen functional groups attached to an aromatic ring is 1. The Hall–Kier alpha value is -2.20. The SMILES string of the molecule is Nc1cc(Cl)c(N2CCc3ccccc3C2)c(C(=O)O)c1. The zero-order valence-electron chi connectivity index (χ0n) is 11.3. The fourth-order valence-electron chi connectivity index (χ4n) is 2.79. The van der Waals surface area contributed by atoms with Crippen molar-refractivity contribution in [3.05, 3.63) is 58.1 Å². The van der Waals surface area contributed by atoms with Gasteiger partial charge in [0.25, 0.3) is 0 Å². The molecule has 2 aromatic carbocycles. The summed E-state index contributed by atoms with van der Waals surface area (Å²) in [6, 6.07) is 11.2. The number of carbonyl (C=O) groups is 1. The van der Waals surface area contributed by atoms with Crippen LogP contribution in [0, 0.1) is 0 Å². The lowest BCUT2D eigenvalue weighted by atomic mass is 9.98. The van der Waals surface area contributed by atoms with Gasteiger partial charge in [-0.05, 0) is 29.7 Å². The third-order valence-electron chi connectivity index (χ3n) is 3.76. The van der Waals surface area contributed by atoms with Crippen LogP contribution in [-0.2, 0) is 13.0 Å². The first kappa shape index (κ1) is 13.8. The highest BCUT2D eigenvalue weighted by molar-refractivity contribution is 6.34. The van der Waals surface area contributed by atoms with Crippen LogP contribution in [-0.4, -0.2) is 17.6 Å². The van der Waals surface area contributed by atoms with Crippen LogP contribution in [0.2, 0.25) is 5.02 Å². The van der Waals surface area contributed by atoms with Crippen LogP contribution in [0.1, 0.15) is 21.5 Å². The molecule has 5 heteroatoms. The maximum Gasteiger partial charge on any atom is 0.337 e. The fourth-order valence-corrected chi connectivity index (χ4v) is 3.14. The molecule has 0 saturated carbocycles. The largest absolute Gasteiger partial charge is 0.478 e. The van der Waals surface area contributed by atoms with Crippen LogP contribution in [0.25, 0.3) is 0 Å². The molecule has 21 heavy (non-hydrogen) atoms. The van der Waals surface area contributed by atoms with E-state index in [1.54, 1.807) is 6.07 Å².